The van der Waals surface area contributed by atoms with Gasteiger partial charge in [-0.3, -0.25) is 9.78 Å². The van der Waals surface area contributed by atoms with E-state index in [1.165, 1.54) is 17.3 Å². The molecule has 3 aromatic rings. The molecule has 0 saturated carbocycles. The van der Waals surface area contributed by atoms with Crippen LogP contribution in [0, 0.1) is 0 Å². The first-order valence-corrected chi connectivity index (χ1v) is 11.4. The van der Waals surface area contributed by atoms with Gasteiger partial charge in [-0.2, -0.15) is 4.98 Å². The third-order valence-electron chi connectivity index (χ3n) is 4.97. The summed E-state index contributed by atoms with van der Waals surface area (Å²) in [6.07, 6.45) is -2.87. The Labute approximate surface area is 184 Å². The van der Waals surface area contributed by atoms with Crippen LogP contribution in [0.15, 0.2) is 39.1 Å². The molecule has 1 saturated heterocycles. The van der Waals surface area contributed by atoms with Gasteiger partial charge in [0.1, 0.15) is 18.3 Å². The van der Waals surface area contributed by atoms with Crippen molar-refractivity contribution in [2.24, 2.45) is 0 Å². The van der Waals surface area contributed by atoms with Crippen LogP contribution in [-0.4, -0.2) is 54.7 Å². The topological polar surface area (TPSA) is 149 Å². The van der Waals surface area contributed by atoms with E-state index in [1.54, 1.807) is 4.57 Å². The van der Waals surface area contributed by atoms with Crippen molar-refractivity contribution < 1.29 is 19.3 Å². The average Bonchev–Trinajstić information content (AvgIpc) is 3.06. The highest BCUT2D eigenvalue weighted by atomic mass is 32.2. The molecule has 1 aliphatic heterocycles. The van der Waals surface area contributed by atoms with Crippen LogP contribution in [0.3, 0.4) is 0 Å². The fourth-order valence-electron chi connectivity index (χ4n) is 3.28. The summed E-state index contributed by atoms with van der Waals surface area (Å²) < 4.78 is 12.1. The molecule has 1 fully saturated rings. The van der Waals surface area contributed by atoms with Crippen LogP contribution >= 0.6 is 20.8 Å². The van der Waals surface area contributed by atoms with Crippen molar-refractivity contribution in [3.63, 3.8) is 0 Å². The maximum atomic E-state index is 12.4. The number of hydrogen-bond donors (Lipinski definition) is 4. The predicted octanol–water partition coefficient (Wildman–Crippen LogP) is 1.62. The second kappa shape index (κ2) is 9.23. The van der Waals surface area contributed by atoms with Gasteiger partial charge in [-0.15, -0.1) is 0 Å². The Morgan fingerprint density at radius 2 is 2.10 bits per heavy atom. The molecule has 0 amide bonds. The molecule has 10 nitrogen and oxygen atoms in total. The summed E-state index contributed by atoms with van der Waals surface area (Å²) in [6, 6.07) is 8.06. The third kappa shape index (κ3) is 4.77. The Kier molecular flexibility index (Phi) is 6.61. The smallest absolute Gasteiger partial charge is 0.280 e. The largest absolute Gasteiger partial charge is 0.388 e. The van der Waals surface area contributed by atoms with Crippen molar-refractivity contribution >= 4 is 37.9 Å². The van der Waals surface area contributed by atoms with E-state index in [9.17, 15) is 15.0 Å². The van der Waals surface area contributed by atoms with Crippen molar-refractivity contribution in [2.75, 3.05) is 12.3 Å². The average molecular weight is 465 g/mol. The molecule has 1 aromatic carbocycles. The van der Waals surface area contributed by atoms with Gasteiger partial charge >= 0.3 is 0 Å². The molecular formula is C19H24N5O5PS. The van der Waals surface area contributed by atoms with Gasteiger partial charge < -0.3 is 29.6 Å². The number of H-pyrrole nitrogens is 1. The monoisotopic (exact) mass is 465 g/mol. The number of rotatable bonds is 6. The lowest BCUT2D eigenvalue weighted by Gasteiger charge is -2.31. The molecule has 0 radical (unpaired) electrons. The van der Waals surface area contributed by atoms with Crippen molar-refractivity contribution in [2.45, 2.75) is 54.7 Å². The summed E-state index contributed by atoms with van der Waals surface area (Å²) in [7, 11) is -0.263. The zero-order valence-corrected chi connectivity index (χ0v) is 18.8. The second-order valence-corrected chi connectivity index (χ2v) is 9.30. The highest BCUT2D eigenvalue weighted by molar-refractivity contribution is 7.99. The number of nitrogens with two attached hydrogens (primary N) is 1. The molecule has 4 unspecified atom stereocenters. The standard InChI is InChI=1S/C19H24N5O5PS/c1-9(2)10-3-5-11(6-4-10)31-19-21-14-16(22-18(20)23-17(14)27)24(19)7-12(25)15-13(26)8-28-30-29-15/h3-6,9,12-13,15,25-26,30H,7-8H2,1-2H3,(H3,20,22,23,27). The summed E-state index contributed by atoms with van der Waals surface area (Å²) >= 11 is 1.35. The molecule has 166 valence electrons. The highest BCUT2D eigenvalue weighted by Gasteiger charge is 2.33. The third-order valence-corrected chi connectivity index (χ3v) is 6.63. The predicted molar refractivity (Wildman–Crippen MR) is 118 cm³/mol. The molecule has 4 rings (SSSR count). The lowest BCUT2D eigenvalue weighted by molar-refractivity contribution is -0.0824. The van der Waals surface area contributed by atoms with Gasteiger partial charge in [0.15, 0.2) is 25.4 Å². The van der Waals surface area contributed by atoms with E-state index in [1.807, 2.05) is 24.3 Å². The highest BCUT2D eigenvalue weighted by Crippen LogP contribution is 2.32. The minimum Gasteiger partial charge on any atom is -0.388 e. The number of fused-ring (bicyclic) bond motifs is 1. The number of nitrogens with one attached hydrogen (secondary N) is 1. The van der Waals surface area contributed by atoms with Crippen LogP contribution in [0.5, 0.6) is 0 Å². The van der Waals surface area contributed by atoms with E-state index < -0.39 is 23.9 Å². The summed E-state index contributed by atoms with van der Waals surface area (Å²) in [4.78, 5) is 24.4. The zero-order valence-electron chi connectivity index (χ0n) is 17.0. The molecule has 31 heavy (non-hydrogen) atoms. The van der Waals surface area contributed by atoms with E-state index in [2.05, 4.69) is 28.8 Å². The molecule has 2 aromatic heterocycles. The Morgan fingerprint density at radius 1 is 1.35 bits per heavy atom. The maximum Gasteiger partial charge on any atom is 0.280 e. The second-order valence-electron chi connectivity index (χ2n) is 7.57. The molecule has 5 N–H and O–H groups in total. The number of hydrogen-bond acceptors (Lipinski definition) is 9. The number of imidazole rings is 1. The van der Waals surface area contributed by atoms with E-state index >= 15 is 0 Å². The Hall–Kier alpha value is -2.01. The van der Waals surface area contributed by atoms with E-state index in [-0.39, 0.29) is 39.3 Å². The van der Waals surface area contributed by atoms with Gasteiger partial charge in [-0.05, 0) is 23.6 Å². The number of aliphatic hydroxyl groups is 2. The maximum absolute atomic E-state index is 12.4. The summed E-state index contributed by atoms with van der Waals surface area (Å²) in [5, 5.41) is 21.4. The molecule has 3 heterocycles. The van der Waals surface area contributed by atoms with Gasteiger partial charge in [0.2, 0.25) is 5.95 Å². The minimum absolute atomic E-state index is 0.00497. The van der Waals surface area contributed by atoms with Crippen molar-refractivity contribution in [1.82, 2.24) is 19.5 Å². The first kappa shape index (κ1) is 22.2. The van der Waals surface area contributed by atoms with Crippen LogP contribution in [0.1, 0.15) is 25.3 Å². The van der Waals surface area contributed by atoms with Gasteiger partial charge in [0, 0.05) is 4.90 Å². The molecule has 0 spiro atoms. The van der Waals surface area contributed by atoms with Gasteiger partial charge in [-0.1, -0.05) is 37.7 Å². The van der Waals surface area contributed by atoms with Crippen LogP contribution < -0.4 is 11.3 Å². The summed E-state index contributed by atoms with van der Waals surface area (Å²) in [5.74, 6) is 0.367. The first-order valence-electron chi connectivity index (χ1n) is 9.76. The van der Waals surface area contributed by atoms with Gasteiger partial charge in [-0.25, -0.2) is 4.98 Å². The Balaban J connectivity index is 1.70. The van der Waals surface area contributed by atoms with E-state index in [0.717, 1.165) is 4.90 Å². The van der Waals surface area contributed by atoms with Crippen LogP contribution in [0.2, 0.25) is 0 Å². The summed E-state index contributed by atoms with van der Waals surface area (Å²) in [6.45, 7) is 4.34. The summed E-state index contributed by atoms with van der Waals surface area (Å²) in [5.41, 5.74) is 6.87. The molecule has 0 aliphatic carbocycles. The van der Waals surface area contributed by atoms with Crippen molar-refractivity contribution in [3.05, 3.63) is 40.2 Å². The van der Waals surface area contributed by atoms with Crippen LogP contribution in [0.25, 0.3) is 11.2 Å². The van der Waals surface area contributed by atoms with Gasteiger partial charge in [0.25, 0.3) is 5.56 Å². The molecule has 0 bridgehead atoms. The quantitative estimate of drug-likeness (QED) is 0.399. The van der Waals surface area contributed by atoms with E-state index in [4.69, 9.17) is 14.8 Å². The fourth-order valence-corrected chi connectivity index (χ4v) is 4.91. The Morgan fingerprint density at radius 3 is 2.77 bits per heavy atom. The Bertz CT molecular complexity index is 1120. The minimum atomic E-state index is -1.08. The molecule has 12 heteroatoms. The number of anilines is 1. The van der Waals surface area contributed by atoms with Crippen LogP contribution in [0.4, 0.5) is 5.95 Å². The zero-order chi connectivity index (χ0) is 22.1. The number of aromatic nitrogens is 4. The lowest BCUT2D eigenvalue weighted by atomic mass is 10.0. The number of benzene rings is 1. The number of aliphatic hydroxyl groups excluding tert-OH is 2. The number of aromatic amines is 1. The van der Waals surface area contributed by atoms with E-state index in [0.29, 0.717) is 11.1 Å². The number of nitrogen functional groups attached to an aromatic ring is 1. The van der Waals surface area contributed by atoms with Crippen molar-refractivity contribution in [1.29, 1.82) is 0 Å². The van der Waals surface area contributed by atoms with Crippen LogP contribution in [-0.2, 0) is 15.6 Å². The SMILES string of the molecule is CC(C)c1ccc(Sc2nc3c(=O)[nH]c(N)nc3n2CC(O)C2OPOCC2O)cc1. The fraction of sp³-hybridized carbons (Fsp3) is 0.421. The number of nitrogens with zero attached hydrogens (tertiary/aromatic N) is 3. The van der Waals surface area contributed by atoms with Gasteiger partial charge in [0.05, 0.1) is 13.2 Å². The molecular weight excluding hydrogens is 441 g/mol. The lowest BCUT2D eigenvalue weighted by Crippen LogP contribution is -2.44. The molecule has 4 atom stereocenters. The first-order chi connectivity index (χ1) is 14.8. The normalized spacial score (nSPS) is 21.2. The molecule has 1 aliphatic rings. The van der Waals surface area contributed by atoms with Crippen molar-refractivity contribution in [3.8, 4) is 0 Å².